The normalized spacial score (nSPS) is 21.1. The minimum Gasteiger partial charge on any atom is -0.329 e. The number of carbonyl (C=O) groups excluding carboxylic acids is 1. The van der Waals surface area contributed by atoms with Crippen LogP contribution in [0, 0.1) is 52.6 Å². The van der Waals surface area contributed by atoms with Crippen molar-refractivity contribution in [2.45, 2.75) is 45.6 Å². The molecule has 1 heterocycles. The van der Waals surface area contributed by atoms with Gasteiger partial charge in [-0.05, 0) is 60.7 Å². The van der Waals surface area contributed by atoms with Crippen molar-refractivity contribution >= 4 is 17.5 Å². The number of benzene rings is 3. The third kappa shape index (κ3) is 4.77. The Labute approximate surface area is 227 Å². The molecular formula is C31H28ClF2N3O. The predicted molar refractivity (Wildman–Crippen MR) is 142 cm³/mol. The molecule has 0 saturated carbocycles. The van der Waals surface area contributed by atoms with E-state index in [0.29, 0.717) is 17.5 Å². The summed E-state index contributed by atoms with van der Waals surface area (Å²) in [6.07, 6.45) is 0.476. The average molecular weight is 532 g/mol. The first-order valence-corrected chi connectivity index (χ1v) is 12.7. The lowest BCUT2D eigenvalue weighted by Crippen LogP contribution is -2.41. The highest BCUT2D eigenvalue weighted by Crippen LogP contribution is 2.56. The van der Waals surface area contributed by atoms with E-state index in [2.05, 4.69) is 6.07 Å². The molecule has 3 aromatic carbocycles. The van der Waals surface area contributed by atoms with Crippen LogP contribution in [0.15, 0.2) is 60.7 Å². The zero-order valence-corrected chi connectivity index (χ0v) is 22.5. The Balaban J connectivity index is 2.02. The van der Waals surface area contributed by atoms with Gasteiger partial charge in [0.2, 0.25) is 0 Å². The molecule has 1 saturated heterocycles. The number of nitriles is 2. The van der Waals surface area contributed by atoms with Crippen molar-refractivity contribution in [3.8, 4) is 12.1 Å². The molecule has 7 heteroatoms. The molecule has 1 amide bonds. The van der Waals surface area contributed by atoms with Gasteiger partial charge in [-0.3, -0.25) is 4.79 Å². The van der Waals surface area contributed by atoms with Crippen LogP contribution in [0.2, 0.25) is 5.02 Å². The van der Waals surface area contributed by atoms with Gasteiger partial charge in [-0.1, -0.05) is 56.6 Å². The summed E-state index contributed by atoms with van der Waals surface area (Å²) in [5.74, 6) is -2.29. The third-order valence-corrected chi connectivity index (χ3v) is 7.51. The molecule has 4 rings (SSSR count). The highest BCUT2D eigenvalue weighted by atomic mass is 35.5. The lowest BCUT2D eigenvalue weighted by atomic mass is 9.63. The van der Waals surface area contributed by atoms with Gasteiger partial charge in [-0.2, -0.15) is 10.5 Å². The van der Waals surface area contributed by atoms with Crippen LogP contribution in [0.1, 0.15) is 65.8 Å². The maximum absolute atomic E-state index is 15.7. The fraction of sp³-hybridized carbons (Fsp3) is 0.323. The van der Waals surface area contributed by atoms with Crippen molar-refractivity contribution < 1.29 is 13.6 Å². The van der Waals surface area contributed by atoms with Crippen molar-refractivity contribution in [2.24, 2.45) is 11.3 Å². The fourth-order valence-electron chi connectivity index (χ4n) is 5.65. The summed E-state index contributed by atoms with van der Waals surface area (Å²) in [4.78, 5) is 15.5. The Morgan fingerprint density at radius 3 is 2.37 bits per heavy atom. The highest BCUT2D eigenvalue weighted by molar-refractivity contribution is 6.30. The van der Waals surface area contributed by atoms with Gasteiger partial charge in [0, 0.05) is 29.2 Å². The Morgan fingerprint density at radius 2 is 1.79 bits per heavy atom. The van der Waals surface area contributed by atoms with E-state index < -0.39 is 34.9 Å². The largest absolute Gasteiger partial charge is 0.329 e. The lowest BCUT2D eigenvalue weighted by Gasteiger charge is -2.38. The summed E-state index contributed by atoms with van der Waals surface area (Å²) in [5, 5.41) is 19.9. The van der Waals surface area contributed by atoms with Crippen molar-refractivity contribution in [2.75, 3.05) is 6.54 Å². The van der Waals surface area contributed by atoms with E-state index in [1.165, 1.54) is 47.4 Å². The van der Waals surface area contributed by atoms with Gasteiger partial charge in [0.05, 0.1) is 28.8 Å². The summed E-state index contributed by atoms with van der Waals surface area (Å²) in [6.45, 7) is 7.90. The molecule has 3 atom stereocenters. The summed E-state index contributed by atoms with van der Waals surface area (Å²) in [5.41, 5.74) is -0.349. The highest BCUT2D eigenvalue weighted by Gasteiger charge is 2.60. The van der Waals surface area contributed by atoms with Crippen LogP contribution in [0.5, 0.6) is 0 Å². The first-order chi connectivity index (χ1) is 17.9. The molecule has 1 unspecified atom stereocenters. The third-order valence-electron chi connectivity index (χ3n) is 7.22. The fourth-order valence-corrected chi connectivity index (χ4v) is 5.84. The van der Waals surface area contributed by atoms with Crippen LogP contribution in [0.25, 0.3) is 0 Å². The molecule has 0 N–H and O–H groups in total. The SMILES string of the molecule is Cc1ccc(C2(C#N)[C@H](CC(C)(C)C)CN(C(=O)c3ccc(C#N)cc3)[C@@H]2c2cccc(Cl)c2F)c(F)c1. The van der Waals surface area contributed by atoms with Crippen molar-refractivity contribution in [3.05, 3.63) is 105 Å². The van der Waals surface area contributed by atoms with Gasteiger partial charge in [0.25, 0.3) is 5.91 Å². The van der Waals surface area contributed by atoms with Gasteiger partial charge >= 0.3 is 0 Å². The zero-order valence-electron chi connectivity index (χ0n) is 21.7. The van der Waals surface area contributed by atoms with Crippen molar-refractivity contribution in [1.82, 2.24) is 4.90 Å². The molecular weight excluding hydrogens is 504 g/mol. The molecule has 1 fully saturated rings. The van der Waals surface area contributed by atoms with Gasteiger partial charge in [0.1, 0.15) is 17.0 Å². The Bertz CT molecular complexity index is 1470. The maximum atomic E-state index is 15.7. The predicted octanol–water partition coefficient (Wildman–Crippen LogP) is 7.51. The number of carbonyl (C=O) groups is 1. The Hall–Kier alpha value is -3.74. The molecule has 0 spiro atoms. The standard InChI is InChI=1S/C31H28ClF2N3O/c1-19-8-13-24(26(33)14-19)31(18-36)22(15-30(2,3)4)17-37(28(31)23-6-5-7-25(32)27(23)34)29(38)21-11-9-20(16-35)10-12-21/h5-14,22,28H,15,17H2,1-4H3/t22-,28-,31?/m1/s1. The van der Waals surface area contributed by atoms with Gasteiger partial charge in [-0.15, -0.1) is 0 Å². The molecule has 0 aliphatic carbocycles. The lowest BCUT2D eigenvalue weighted by molar-refractivity contribution is 0.0713. The number of likely N-dealkylation sites (tertiary alicyclic amines) is 1. The monoisotopic (exact) mass is 531 g/mol. The minimum absolute atomic E-state index is 0.0532. The number of amides is 1. The van der Waals surface area contributed by atoms with E-state index in [9.17, 15) is 10.1 Å². The van der Waals surface area contributed by atoms with Crippen LogP contribution in [0.4, 0.5) is 8.78 Å². The molecule has 0 aromatic heterocycles. The number of aryl methyl sites for hydroxylation is 1. The van der Waals surface area contributed by atoms with Crippen LogP contribution in [-0.4, -0.2) is 17.4 Å². The van der Waals surface area contributed by atoms with E-state index in [4.69, 9.17) is 16.9 Å². The summed E-state index contributed by atoms with van der Waals surface area (Å²) in [7, 11) is 0. The molecule has 1 aliphatic rings. The van der Waals surface area contributed by atoms with Gasteiger partial charge in [-0.25, -0.2) is 8.78 Å². The van der Waals surface area contributed by atoms with E-state index in [-0.39, 0.29) is 33.7 Å². The number of rotatable bonds is 4. The van der Waals surface area contributed by atoms with E-state index in [1.54, 1.807) is 25.1 Å². The first kappa shape index (κ1) is 27.3. The van der Waals surface area contributed by atoms with Gasteiger partial charge < -0.3 is 4.90 Å². The summed E-state index contributed by atoms with van der Waals surface area (Å²) < 4.78 is 31.4. The van der Waals surface area contributed by atoms with Crippen molar-refractivity contribution in [1.29, 1.82) is 10.5 Å². The van der Waals surface area contributed by atoms with E-state index >= 15 is 8.78 Å². The quantitative estimate of drug-likeness (QED) is 0.350. The summed E-state index contributed by atoms with van der Waals surface area (Å²) in [6, 6.07) is 18.5. The molecule has 4 nitrogen and oxygen atoms in total. The van der Waals surface area contributed by atoms with Crippen molar-refractivity contribution in [3.63, 3.8) is 0 Å². The summed E-state index contributed by atoms with van der Waals surface area (Å²) >= 11 is 6.18. The van der Waals surface area contributed by atoms with Crippen LogP contribution in [-0.2, 0) is 5.41 Å². The molecule has 194 valence electrons. The second-order valence-electron chi connectivity index (χ2n) is 11.1. The molecule has 0 radical (unpaired) electrons. The number of hydrogen-bond donors (Lipinski definition) is 0. The minimum atomic E-state index is -1.60. The van der Waals surface area contributed by atoms with Crippen LogP contribution < -0.4 is 0 Å². The number of halogens is 3. The topological polar surface area (TPSA) is 67.9 Å². The molecule has 1 aliphatic heterocycles. The zero-order chi connectivity index (χ0) is 27.8. The Morgan fingerprint density at radius 1 is 1.11 bits per heavy atom. The van der Waals surface area contributed by atoms with E-state index in [1.807, 2.05) is 26.8 Å². The molecule has 38 heavy (non-hydrogen) atoms. The number of hydrogen-bond acceptors (Lipinski definition) is 3. The van der Waals surface area contributed by atoms with Crippen LogP contribution >= 0.6 is 11.6 Å². The smallest absolute Gasteiger partial charge is 0.254 e. The average Bonchev–Trinajstić information content (AvgIpc) is 3.18. The first-order valence-electron chi connectivity index (χ1n) is 12.4. The Kier molecular flexibility index (Phi) is 7.33. The second-order valence-corrected chi connectivity index (χ2v) is 11.5. The van der Waals surface area contributed by atoms with E-state index in [0.717, 1.165) is 0 Å². The molecule has 3 aromatic rings. The molecule has 0 bridgehead atoms. The van der Waals surface area contributed by atoms with Crippen LogP contribution in [0.3, 0.4) is 0 Å². The number of nitrogens with zero attached hydrogens (tertiary/aromatic N) is 3. The maximum Gasteiger partial charge on any atom is 0.254 e. The second kappa shape index (κ2) is 10.2. The van der Waals surface area contributed by atoms with Gasteiger partial charge in [0.15, 0.2) is 0 Å².